The summed E-state index contributed by atoms with van der Waals surface area (Å²) in [5.74, 6) is -0.358. The Morgan fingerprint density at radius 1 is 1.23 bits per heavy atom. The second-order valence-electron chi connectivity index (χ2n) is 5.95. The minimum Gasteiger partial charge on any atom is -0.383 e. The van der Waals surface area contributed by atoms with Crippen LogP contribution < -0.4 is 10.0 Å². The minimum atomic E-state index is -3.83. The van der Waals surface area contributed by atoms with Crippen LogP contribution in [0.15, 0.2) is 51.8 Å². The van der Waals surface area contributed by atoms with Gasteiger partial charge >= 0.3 is 0 Å². The number of hydrogen-bond acceptors (Lipinski definition) is 4. The van der Waals surface area contributed by atoms with Gasteiger partial charge in [0.25, 0.3) is 15.9 Å². The van der Waals surface area contributed by atoms with Gasteiger partial charge in [-0.2, -0.15) is 0 Å². The SMILES string of the molecule is COCC(C)NC(=O)c1cccc(S(=O)(=O)Nc2cc(C)ccc2Br)c1. The van der Waals surface area contributed by atoms with Crippen molar-refractivity contribution in [3.63, 3.8) is 0 Å². The van der Waals surface area contributed by atoms with Crippen LogP contribution in [0.1, 0.15) is 22.8 Å². The number of sulfonamides is 1. The molecule has 1 atom stereocenters. The highest BCUT2D eigenvalue weighted by Crippen LogP contribution is 2.26. The Morgan fingerprint density at radius 2 is 1.96 bits per heavy atom. The van der Waals surface area contributed by atoms with Gasteiger partial charge in [0, 0.05) is 23.2 Å². The van der Waals surface area contributed by atoms with Crippen LogP contribution in [0.2, 0.25) is 0 Å². The molecule has 140 valence electrons. The molecule has 0 aliphatic rings. The molecule has 26 heavy (non-hydrogen) atoms. The number of carbonyl (C=O) groups is 1. The van der Waals surface area contributed by atoms with E-state index >= 15 is 0 Å². The lowest BCUT2D eigenvalue weighted by Crippen LogP contribution is -2.35. The highest BCUT2D eigenvalue weighted by atomic mass is 79.9. The van der Waals surface area contributed by atoms with E-state index in [4.69, 9.17) is 4.74 Å². The number of nitrogens with one attached hydrogen (secondary N) is 2. The maximum Gasteiger partial charge on any atom is 0.261 e. The normalized spacial score (nSPS) is 12.5. The van der Waals surface area contributed by atoms with E-state index in [1.54, 1.807) is 32.2 Å². The molecule has 2 aromatic rings. The number of benzene rings is 2. The van der Waals surface area contributed by atoms with Crippen molar-refractivity contribution in [1.82, 2.24) is 5.32 Å². The summed E-state index contributed by atoms with van der Waals surface area (Å²) in [5, 5.41) is 2.76. The topological polar surface area (TPSA) is 84.5 Å². The van der Waals surface area contributed by atoms with Crippen molar-refractivity contribution in [1.29, 1.82) is 0 Å². The van der Waals surface area contributed by atoms with Gasteiger partial charge in [-0.05, 0) is 65.7 Å². The first-order valence-electron chi connectivity index (χ1n) is 7.92. The molecule has 0 fully saturated rings. The summed E-state index contributed by atoms with van der Waals surface area (Å²) in [6, 6.07) is 11.1. The number of anilines is 1. The molecule has 0 aliphatic heterocycles. The summed E-state index contributed by atoms with van der Waals surface area (Å²) < 4.78 is 33.5. The highest BCUT2D eigenvalue weighted by Gasteiger charge is 2.18. The second-order valence-corrected chi connectivity index (χ2v) is 8.48. The standard InChI is InChI=1S/C18H21BrN2O4S/c1-12-7-8-16(19)17(9-12)21-26(23,24)15-6-4-5-14(10-15)18(22)20-13(2)11-25-3/h4-10,13,21H,11H2,1-3H3,(H,20,22). The molecule has 1 amide bonds. The first kappa shape index (κ1) is 20.4. The maximum atomic E-state index is 12.7. The lowest BCUT2D eigenvalue weighted by Gasteiger charge is -2.14. The van der Waals surface area contributed by atoms with Gasteiger partial charge in [-0.1, -0.05) is 12.1 Å². The fourth-order valence-corrected chi connectivity index (χ4v) is 3.92. The Morgan fingerprint density at radius 3 is 2.65 bits per heavy atom. The first-order valence-corrected chi connectivity index (χ1v) is 10.2. The van der Waals surface area contributed by atoms with Crippen LogP contribution in [-0.2, 0) is 14.8 Å². The van der Waals surface area contributed by atoms with Crippen molar-refractivity contribution in [3.8, 4) is 0 Å². The smallest absolute Gasteiger partial charge is 0.261 e. The summed E-state index contributed by atoms with van der Waals surface area (Å²) in [5.41, 5.74) is 1.62. The van der Waals surface area contributed by atoms with E-state index in [0.29, 0.717) is 16.8 Å². The molecule has 0 bridgehead atoms. The number of halogens is 1. The van der Waals surface area contributed by atoms with E-state index in [1.807, 2.05) is 13.0 Å². The van der Waals surface area contributed by atoms with Gasteiger partial charge in [-0.15, -0.1) is 0 Å². The zero-order valence-corrected chi connectivity index (χ0v) is 17.1. The van der Waals surface area contributed by atoms with Crippen LogP contribution in [0.3, 0.4) is 0 Å². The van der Waals surface area contributed by atoms with E-state index in [0.717, 1.165) is 5.56 Å². The van der Waals surface area contributed by atoms with E-state index in [-0.39, 0.29) is 22.4 Å². The zero-order valence-electron chi connectivity index (χ0n) is 14.7. The van der Waals surface area contributed by atoms with Gasteiger partial charge in [0.15, 0.2) is 0 Å². The van der Waals surface area contributed by atoms with Crippen molar-refractivity contribution >= 4 is 37.5 Å². The third-order valence-electron chi connectivity index (χ3n) is 3.57. The Kier molecular flexibility index (Phi) is 6.80. The summed E-state index contributed by atoms with van der Waals surface area (Å²) in [6.07, 6.45) is 0. The number of methoxy groups -OCH3 is 1. The maximum absolute atomic E-state index is 12.7. The van der Waals surface area contributed by atoms with Crippen LogP contribution >= 0.6 is 15.9 Å². The summed E-state index contributed by atoms with van der Waals surface area (Å²) >= 11 is 3.33. The fourth-order valence-electron chi connectivity index (χ4n) is 2.32. The van der Waals surface area contributed by atoms with Crippen molar-refractivity contribution < 1.29 is 17.9 Å². The van der Waals surface area contributed by atoms with E-state index in [1.165, 1.54) is 18.2 Å². The predicted molar refractivity (Wildman–Crippen MR) is 105 cm³/mol. The number of hydrogen-bond donors (Lipinski definition) is 2. The van der Waals surface area contributed by atoms with Gasteiger partial charge in [0.2, 0.25) is 0 Å². The lowest BCUT2D eigenvalue weighted by atomic mass is 10.2. The summed E-state index contributed by atoms with van der Waals surface area (Å²) in [6.45, 7) is 4.04. The number of rotatable bonds is 7. The van der Waals surface area contributed by atoms with Gasteiger partial charge in [-0.3, -0.25) is 9.52 Å². The number of amides is 1. The van der Waals surface area contributed by atoms with Crippen LogP contribution in [0, 0.1) is 6.92 Å². The molecule has 0 saturated carbocycles. The Bertz CT molecular complexity index is 900. The monoisotopic (exact) mass is 440 g/mol. The molecule has 1 unspecified atom stereocenters. The highest BCUT2D eigenvalue weighted by molar-refractivity contribution is 9.10. The quantitative estimate of drug-likeness (QED) is 0.691. The first-order chi connectivity index (χ1) is 12.2. The third-order valence-corrected chi connectivity index (χ3v) is 5.62. The molecule has 2 N–H and O–H groups in total. The molecule has 0 heterocycles. The Balaban J connectivity index is 2.25. The number of ether oxygens (including phenoxy) is 1. The van der Waals surface area contributed by atoms with Crippen molar-refractivity contribution in [2.45, 2.75) is 24.8 Å². The zero-order chi connectivity index (χ0) is 19.3. The van der Waals surface area contributed by atoms with Gasteiger partial charge in [0.05, 0.1) is 17.2 Å². The van der Waals surface area contributed by atoms with Gasteiger partial charge in [-0.25, -0.2) is 8.42 Å². The minimum absolute atomic E-state index is 0.0120. The molecule has 0 aromatic heterocycles. The largest absolute Gasteiger partial charge is 0.383 e. The average Bonchev–Trinajstić information content (AvgIpc) is 2.58. The second kappa shape index (κ2) is 8.66. The molecule has 0 saturated heterocycles. The van der Waals surface area contributed by atoms with Gasteiger partial charge in [0.1, 0.15) is 0 Å². The molecule has 2 aromatic carbocycles. The van der Waals surface area contributed by atoms with Crippen LogP contribution in [0.4, 0.5) is 5.69 Å². The van der Waals surface area contributed by atoms with Crippen molar-refractivity contribution in [2.75, 3.05) is 18.4 Å². The molecular weight excluding hydrogens is 420 g/mol. The van der Waals surface area contributed by atoms with E-state index < -0.39 is 10.0 Å². The molecule has 2 rings (SSSR count). The summed E-state index contributed by atoms with van der Waals surface area (Å²) in [4.78, 5) is 12.3. The molecule has 6 nitrogen and oxygen atoms in total. The molecule has 8 heteroatoms. The molecule has 0 radical (unpaired) electrons. The Hall–Kier alpha value is -1.90. The summed E-state index contributed by atoms with van der Waals surface area (Å²) in [7, 11) is -2.29. The molecular formula is C18H21BrN2O4S. The van der Waals surface area contributed by atoms with Crippen LogP contribution in [-0.4, -0.2) is 34.1 Å². The number of aryl methyl sites for hydroxylation is 1. The van der Waals surface area contributed by atoms with E-state index in [2.05, 4.69) is 26.0 Å². The van der Waals surface area contributed by atoms with Gasteiger partial charge < -0.3 is 10.1 Å². The van der Waals surface area contributed by atoms with E-state index in [9.17, 15) is 13.2 Å². The van der Waals surface area contributed by atoms with Crippen LogP contribution in [0.25, 0.3) is 0 Å². The van der Waals surface area contributed by atoms with Crippen LogP contribution in [0.5, 0.6) is 0 Å². The fraction of sp³-hybridized carbons (Fsp3) is 0.278. The number of carbonyl (C=O) groups excluding carboxylic acids is 1. The molecule has 0 spiro atoms. The third kappa shape index (κ3) is 5.30. The lowest BCUT2D eigenvalue weighted by molar-refractivity contribution is 0.0905. The predicted octanol–water partition coefficient (Wildman–Crippen LogP) is 3.32. The van der Waals surface area contributed by atoms with Crippen molar-refractivity contribution in [2.24, 2.45) is 0 Å². The van der Waals surface area contributed by atoms with Crippen molar-refractivity contribution in [3.05, 3.63) is 58.1 Å². The molecule has 0 aliphatic carbocycles. The Labute approximate surface area is 162 Å². The average molecular weight is 441 g/mol.